The molecular formula is C27H20N2O5. The van der Waals surface area contributed by atoms with Gasteiger partial charge in [-0.2, -0.15) is 0 Å². The zero-order valence-corrected chi connectivity index (χ0v) is 18.0. The molecule has 7 nitrogen and oxygen atoms in total. The lowest BCUT2D eigenvalue weighted by atomic mass is 9.91. The van der Waals surface area contributed by atoms with E-state index in [-0.39, 0.29) is 6.61 Å². The molecule has 1 saturated heterocycles. The van der Waals surface area contributed by atoms with E-state index in [1.54, 1.807) is 0 Å². The lowest BCUT2D eigenvalue weighted by molar-refractivity contribution is -0.0415. The van der Waals surface area contributed by atoms with Crippen LogP contribution in [0.3, 0.4) is 0 Å². The number of nitrogens with zero attached hydrogens (tertiary/aromatic N) is 1. The second-order valence-corrected chi connectivity index (χ2v) is 8.97. The number of imide groups is 1. The zero-order chi connectivity index (χ0) is 23.1. The van der Waals surface area contributed by atoms with Gasteiger partial charge in [0.05, 0.1) is 34.9 Å². The quantitative estimate of drug-likeness (QED) is 0.281. The van der Waals surface area contributed by atoms with Crippen LogP contribution in [0.25, 0.3) is 43.4 Å². The summed E-state index contributed by atoms with van der Waals surface area (Å²) in [5.74, 6) is -0.809. The Morgan fingerprint density at radius 2 is 1.59 bits per heavy atom. The first kappa shape index (κ1) is 19.7. The lowest BCUT2D eigenvalue weighted by Gasteiger charge is -2.18. The first-order valence-electron chi connectivity index (χ1n) is 11.3. The molecule has 1 fully saturated rings. The number of para-hydroxylation sites is 1. The number of benzene rings is 4. The largest absolute Gasteiger partial charge is 0.394 e. The Hall–Kier alpha value is -3.78. The van der Waals surface area contributed by atoms with E-state index in [4.69, 9.17) is 4.74 Å². The van der Waals surface area contributed by atoms with E-state index in [9.17, 15) is 19.8 Å². The molecule has 0 saturated carbocycles. The molecule has 7 heteroatoms. The fraction of sp³-hybridized carbons (Fsp3) is 0.185. The van der Waals surface area contributed by atoms with E-state index < -0.39 is 30.3 Å². The summed E-state index contributed by atoms with van der Waals surface area (Å²) in [5.41, 5.74) is 2.38. The number of hydrogen-bond donors (Lipinski definition) is 3. The van der Waals surface area contributed by atoms with Crippen molar-refractivity contribution in [3.63, 3.8) is 0 Å². The molecule has 7 rings (SSSR count). The third kappa shape index (κ3) is 2.41. The highest BCUT2D eigenvalue weighted by molar-refractivity contribution is 6.39. The fourth-order valence-corrected chi connectivity index (χ4v) is 5.79. The van der Waals surface area contributed by atoms with E-state index in [1.807, 2.05) is 65.2 Å². The molecule has 0 aliphatic carbocycles. The summed E-state index contributed by atoms with van der Waals surface area (Å²) in [4.78, 5) is 26.2. The maximum absolute atomic E-state index is 13.1. The molecule has 0 radical (unpaired) electrons. The summed E-state index contributed by atoms with van der Waals surface area (Å²) in [6, 6.07) is 19.5. The van der Waals surface area contributed by atoms with Gasteiger partial charge >= 0.3 is 0 Å². The van der Waals surface area contributed by atoms with Crippen LogP contribution in [0.4, 0.5) is 0 Å². The minimum Gasteiger partial charge on any atom is -0.394 e. The van der Waals surface area contributed by atoms with Gasteiger partial charge in [-0.25, -0.2) is 0 Å². The van der Waals surface area contributed by atoms with Crippen molar-refractivity contribution in [2.24, 2.45) is 0 Å². The Morgan fingerprint density at radius 3 is 2.35 bits per heavy atom. The number of ether oxygens (including phenoxy) is 1. The number of nitrogens with one attached hydrogen (secondary N) is 1. The molecule has 0 unspecified atom stereocenters. The Kier molecular flexibility index (Phi) is 3.97. The van der Waals surface area contributed by atoms with Crippen molar-refractivity contribution in [2.45, 2.75) is 24.9 Å². The van der Waals surface area contributed by atoms with Crippen molar-refractivity contribution in [1.82, 2.24) is 9.88 Å². The third-order valence-corrected chi connectivity index (χ3v) is 7.20. The van der Waals surface area contributed by atoms with Gasteiger partial charge in [0, 0.05) is 28.0 Å². The van der Waals surface area contributed by atoms with Crippen LogP contribution in [0.5, 0.6) is 0 Å². The summed E-state index contributed by atoms with van der Waals surface area (Å²) in [6.45, 7) is -0.285. The van der Waals surface area contributed by atoms with Crippen molar-refractivity contribution in [3.05, 3.63) is 71.8 Å². The number of carbonyl (C=O) groups is 2. The van der Waals surface area contributed by atoms with E-state index >= 15 is 0 Å². The van der Waals surface area contributed by atoms with Gasteiger partial charge in [0.1, 0.15) is 12.3 Å². The highest BCUT2D eigenvalue weighted by atomic mass is 16.5. The molecule has 3 N–H and O–H groups in total. The van der Waals surface area contributed by atoms with Crippen molar-refractivity contribution >= 4 is 55.2 Å². The molecule has 5 aromatic rings. The molecule has 2 amide bonds. The molecule has 4 aromatic carbocycles. The number of amides is 2. The van der Waals surface area contributed by atoms with Gasteiger partial charge in [-0.15, -0.1) is 0 Å². The van der Waals surface area contributed by atoms with E-state index in [0.717, 1.165) is 38.0 Å². The molecule has 3 heterocycles. The van der Waals surface area contributed by atoms with Crippen molar-refractivity contribution < 1.29 is 24.5 Å². The van der Waals surface area contributed by atoms with E-state index in [2.05, 4.69) is 5.32 Å². The number of aliphatic hydroxyl groups is 2. The topological polar surface area (TPSA) is 101 Å². The van der Waals surface area contributed by atoms with Crippen LogP contribution >= 0.6 is 0 Å². The molecular weight excluding hydrogens is 432 g/mol. The molecule has 1 aromatic heterocycles. The van der Waals surface area contributed by atoms with Crippen LogP contribution in [0.1, 0.15) is 33.4 Å². The summed E-state index contributed by atoms with van der Waals surface area (Å²) < 4.78 is 8.09. The number of carbonyl (C=O) groups excluding carboxylic acids is 2. The van der Waals surface area contributed by atoms with Gasteiger partial charge in [0.25, 0.3) is 11.8 Å². The van der Waals surface area contributed by atoms with Crippen LogP contribution < -0.4 is 5.32 Å². The van der Waals surface area contributed by atoms with Crippen molar-refractivity contribution in [2.75, 3.05) is 6.61 Å². The number of hydrogen-bond acceptors (Lipinski definition) is 5. The average molecular weight is 452 g/mol. The average Bonchev–Trinajstić information content (AvgIpc) is 3.49. The Balaban J connectivity index is 1.73. The summed E-state index contributed by atoms with van der Waals surface area (Å²) in [5, 5.41) is 27.6. The maximum atomic E-state index is 13.1. The summed E-state index contributed by atoms with van der Waals surface area (Å²) in [7, 11) is 0. The Bertz CT molecular complexity index is 1700. The standard InChI is InChI=1S/C27H20N2O5/c30-12-19-18(31)11-20(34-19)29-17-8-4-3-7-15(17)22-24-23(26(32)28-27(24)33)21-14-6-2-1-5-13(14)9-10-16(21)25(22)29/h1-10,18-20,30-31H,11-12H2,(H,28,32,33)/t18-,19+,20+/m0/s1. The molecule has 3 atom stereocenters. The summed E-state index contributed by atoms with van der Waals surface area (Å²) in [6.07, 6.45) is -1.73. The molecule has 0 spiro atoms. The minimum atomic E-state index is -0.808. The molecule has 2 aliphatic heterocycles. The van der Waals surface area contributed by atoms with E-state index in [1.165, 1.54) is 0 Å². The Morgan fingerprint density at radius 1 is 0.882 bits per heavy atom. The van der Waals surface area contributed by atoms with Gasteiger partial charge in [0.2, 0.25) is 0 Å². The number of fused-ring (bicyclic) bond motifs is 10. The van der Waals surface area contributed by atoms with Crippen LogP contribution in [-0.4, -0.2) is 45.4 Å². The van der Waals surface area contributed by atoms with Crippen molar-refractivity contribution in [3.8, 4) is 0 Å². The SMILES string of the molecule is O=C1NC(=O)c2c1c1c3ccccc3ccc1c1c2c2ccccc2n1[C@H]1C[C@H](O)[C@@H](CO)O1. The lowest BCUT2D eigenvalue weighted by Crippen LogP contribution is -2.24. The molecule has 168 valence electrons. The smallest absolute Gasteiger partial charge is 0.259 e. The first-order valence-corrected chi connectivity index (χ1v) is 11.3. The Labute approximate surface area is 193 Å². The van der Waals surface area contributed by atoms with Crippen LogP contribution in [-0.2, 0) is 4.74 Å². The minimum absolute atomic E-state index is 0.285. The van der Waals surface area contributed by atoms with Gasteiger partial charge in [-0.1, -0.05) is 54.6 Å². The monoisotopic (exact) mass is 452 g/mol. The van der Waals surface area contributed by atoms with E-state index in [0.29, 0.717) is 22.9 Å². The number of aliphatic hydroxyl groups excluding tert-OH is 2. The highest BCUT2D eigenvalue weighted by Gasteiger charge is 2.39. The highest BCUT2D eigenvalue weighted by Crippen LogP contribution is 2.46. The number of rotatable bonds is 2. The molecule has 2 aliphatic rings. The molecule has 0 bridgehead atoms. The number of aromatic nitrogens is 1. The van der Waals surface area contributed by atoms with Gasteiger partial charge in [-0.3, -0.25) is 14.9 Å². The second-order valence-electron chi connectivity index (χ2n) is 8.97. The van der Waals surface area contributed by atoms with Gasteiger partial charge < -0.3 is 19.5 Å². The predicted octanol–water partition coefficient (Wildman–Crippen LogP) is 3.63. The van der Waals surface area contributed by atoms with Crippen LogP contribution in [0.15, 0.2) is 60.7 Å². The first-order chi connectivity index (χ1) is 16.6. The maximum Gasteiger partial charge on any atom is 0.259 e. The zero-order valence-electron chi connectivity index (χ0n) is 18.0. The normalized spacial score (nSPS) is 22.4. The van der Waals surface area contributed by atoms with Crippen LogP contribution in [0, 0.1) is 0 Å². The molecule has 34 heavy (non-hydrogen) atoms. The van der Waals surface area contributed by atoms with Crippen LogP contribution in [0.2, 0.25) is 0 Å². The van der Waals surface area contributed by atoms with Crippen molar-refractivity contribution in [1.29, 1.82) is 0 Å². The summed E-state index contributed by atoms with van der Waals surface area (Å²) >= 11 is 0. The third-order valence-electron chi connectivity index (χ3n) is 7.20. The van der Waals surface area contributed by atoms with Gasteiger partial charge in [0.15, 0.2) is 0 Å². The van der Waals surface area contributed by atoms with Gasteiger partial charge in [-0.05, 0) is 16.8 Å². The predicted molar refractivity (Wildman–Crippen MR) is 128 cm³/mol. The second kappa shape index (κ2) is 6.87. The fourth-order valence-electron chi connectivity index (χ4n) is 5.79.